The van der Waals surface area contributed by atoms with E-state index in [0.717, 1.165) is 67.3 Å². The van der Waals surface area contributed by atoms with Crippen molar-refractivity contribution >= 4 is 34.0 Å². The first-order valence-electron chi connectivity index (χ1n) is 13.5. The number of piperazine rings is 1. The molecule has 1 amide bonds. The van der Waals surface area contributed by atoms with Crippen LogP contribution in [0.1, 0.15) is 21.5 Å². The first-order valence-corrected chi connectivity index (χ1v) is 13.5. The zero-order valence-electron chi connectivity index (χ0n) is 22.3. The minimum Gasteiger partial charge on any atom is -0.384 e. The Kier molecular flexibility index (Phi) is 7.36. The summed E-state index contributed by atoms with van der Waals surface area (Å²) in [7, 11) is 2.12. The fourth-order valence-electron chi connectivity index (χ4n) is 5.13. The number of carbonyl (C=O) groups is 1. The van der Waals surface area contributed by atoms with Gasteiger partial charge in [-0.2, -0.15) is 5.10 Å². The fourth-order valence-corrected chi connectivity index (χ4v) is 5.13. The number of hydrogen-bond acceptors (Lipinski definition) is 6. The van der Waals surface area contributed by atoms with E-state index in [9.17, 15) is 13.6 Å². The summed E-state index contributed by atoms with van der Waals surface area (Å²) < 4.78 is 33.2. The predicted octanol–water partition coefficient (Wildman–Crippen LogP) is 4.49. The molecule has 3 N–H and O–H groups in total. The van der Waals surface area contributed by atoms with Gasteiger partial charge in [0.25, 0.3) is 5.91 Å². The highest BCUT2D eigenvalue weighted by molar-refractivity contribution is 6.11. The van der Waals surface area contributed by atoms with Crippen molar-refractivity contribution < 1.29 is 18.3 Å². The maximum absolute atomic E-state index is 14.2. The van der Waals surface area contributed by atoms with Crippen LogP contribution >= 0.6 is 0 Å². The van der Waals surface area contributed by atoms with Crippen molar-refractivity contribution in [2.75, 3.05) is 68.5 Å². The first kappa shape index (κ1) is 26.2. The lowest BCUT2D eigenvalue weighted by atomic mass is 10.0. The smallest absolute Gasteiger partial charge is 0.258 e. The van der Waals surface area contributed by atoms with Crippen LogP contribution in [0.3, 0.4) is 0 Å². The van der Waals surface area contributed by atoms with Crippen LogP contribution in [0.25, 0.3) is 10.9 Å². The van der Waals surface area contributed by atoms with E-state index in [-0.39, 0.29) is 17.9 Å². The summed E-state index contributed by atoms with van der Waals surface area (Å²) in [5, 5.41) is 14.4. The molecule has 2 saturated heterocycles. The molecule has 0 radical (unpaired) electrons. The molecule has 2 aliphatic rings. The first-order chi connectivity index (χ1) is 19.4. The van der Waals surface area contributed by atoms with Gasteiger partial charge in [-0.1, -0.05) is 6.07 Å². The molecular formula is C30H32F2N6O2. The Morgan fingerprint density at radius 1 is 1.05 bits per heavy atom. The molecule has 3 aromatic carbocycles. The third-order valence-corrected chi connectivity index (χ3v) is 7.67. The maximum Gasteiger partial charge on any atom is 0.258 e. The zero-order valence-corrected chi connectivity index (χ0v) is 22.3. The number of likely N-dealkylation sites (N-methyl/N-ethyl adjacent to an activating group) is 1. The predicted molar refractivity (Wildman–Crippen MR) is 152 cm³/mol. The van der Waals surface area contributed by atoms with E-state index in [4.69, 9.17) is 4.74 Å². The molecule has 3 heterocycles. The number of carbonyl (C=O) groups excluding carboxylic acids is 1. The number of H-pyrrole nitrogens is 1. The molecule has 2 fully saturated rings. The van der Waals surface area contributed by atoms with E-state index in [1.807, 2.05) is 36.4 Å². The summed E-state index contributed by atoms with van der Waals surface area (Å²) in [6, 6.07) is 14.8. The third kappa shape index (κ3) is 5.64. The van der Waals surface area contributed by atoms with Gasteiger partial charge in [-0.3, -0.25) is 9.89 Å². The van der Waals surface area contributed by atoms with E-state index >= 15 is 0 Å². The normalized spacial score (nSPS) is 16.2. The van der Waals surface area contributed by atoms with Gasteiger partial charge in [-0.05, 0) is 66.7 Å². The number of hydrogen-bond donors (Lipinski definition) is 3. The van der Waals surface area contributed by atoms with Gasteiger partial charge in [-0.15, -0.1) is 0 Å². The Morgan fingerprint density at radius 3 is 2.65 bits per heavy atom. The van der Waals surface area contributed by atoms with Gasteiger partial charge in [0.05, 0.1) is 24.3 Å². The van der Waals surface area contributed by atoms with Crippen LogP contribution in [0, 0.1) is 17.6 Å². The largest absolute Gasteiger partial charge is 0.384 e. The maximum atomic E-state index is 14.2. The molecule has 6 rings (SSSR count). The number of amides is 1. The topological polar surface area (TPSA) is 85.5 Å². The lowest BCUT2D eigenvalue weighted by molar-refractivity contribution is -0.0248. The molecule has 0 bridgehead atoms. The second-order valence-electron chi connectivity index (χ2n) is 10.6. The molecule has 2 aliphatic heterocycles. The molecule has 8 nitrogen and oxygen atoms in total. The van der Waals surface area contributed by atoms with Crippen molar-refractivity contribution in [3.63, 3.8) is 0 Å². The quantitative estimate of drug-likeness (QED) is 0.302. The zero-order chi connectivity index (χ0) is 27.6. The Balaban J connectivity index is 1.24. The monoisotopic (exact) mass is 546 g/mol. The minimum absolute atomic E-state index is 0.213. The van der Waals surface area contributed by atoms with Crippen LogP contribution in [0.4, 0.5) is 26.0 Å². The number of rotatable bonds is 8. The lowest BCUT2D eigenvalue weighted by Crippen LogP contribution is -2.44. The summed E-state index contributed by atoms with van der Waals surface area (Å²) in [6.45, 7) is 5.99. The molecule has 40 heavy (non-hydrogen) atoms. The van der Waals surface area contributed by atoms with Crippen molar-refractivity contribution in [3.05, 3.63) is 82.9 Å². The number of nitrogens with one attached hydrogen (secondary N) is 3. The Morgan fingerprint density at radius 2 is 1.88 bits per heavy atom. The van der Waals surface area contributed by atoms with Crippen molar-refractivity contribution in [2.45, 2.75) is 6.42 Å². The number of anilines is 3. The number of aromatic nitrogens is 2. The van der Waals surface area contributed by atoms with E-state index in [1.54, 1.807) is 0 Å². The molecule has 1 aromatic heterocycles. The van der Waals surface area contributed by atoms with Gasteiger partial charge < -0.3 is 25.2 Å². The average molecular weight is 547 g/mol. The van der Waals surface area contributed by atoms with E-state index in [0.29, 0.717) is 35.9 Å². The Bertz CT molecular complexity index is 1530. The molecule has 10 heteroatoms. The molecule has 208 valence electrons. The number of benzene rings is 3. The van der Waals surface area contributed by atoms with Crippen LogP contribution in [-0.2, 0) is 11.2 Å². The lowest BCUT2D eigenvalue weighted by Gasteiger charge is -2.34. The van der Waals surface area contributed by atoms with Crippen LogP contribution in [0.15, 0.2) is 54.6 Å². The summed E-state index contributed by atoms with van der Waals surface area (Å²) in [4.78, 5) is 18.2. The number of ether oxygens (including phenoxy) is 1. The Labute approximate surface area is 231 Å². The molecule has 0 unspecified atom stereocenters. The van der Waals surface area contributed by atoms with Gasteiger partial charge in [0.15, 0.2) is 5.82 Å². The molecular weight excluding hydrogens is 514 g/mol. The third-order valence-electron chi connectivity index (χ3n) is 7.67. The van der Waals surface area contributed by atoms with Crippen molar-refractivity contribution in [1.82, 2.24) is 15.1 Å². The minimum atomic E-state index is -0.485. The highest BCUT2D eigenvalue weighted by Gasteiger charge is 2.22. The molecule has 0 atom stereocenters. The summed E-state index contributed by atoms with van der Waals surface area (Å²) >= 11 is 0. The van der Waals surface area contributed by atoms with Gasteiger partial charge in [0, 0.05) is 61.8 Å². The number of fused-ring (bicyclic) bond motifs is 1. The van der Waals surface area contributed by atoms with Crippen molar-refractivity contribution in [3.8, 4) is 0 Å². The van der Waals surface area contributed by atoms with E-state index in [1.165, 1.54) is 6.07 Å². The average Bonchev–Trinajstić information content (AvgIpc) is 3.32. The van der Waals surface area contributed by atoms with Crippen LogP contribution in [0.5, 0.6) is 0 Å². The second kappa shape index (κ2) is 11.2. The molecule has 0 saturated carbocycles. The SMILES string of the molecule is CN1CCN(c2ccc(C(=O)Nc3n[nH]c4ccc(Cc5cc(F)ccc5F)cc34)c(NCC3COC3)c2)CC1. The standard InChI is InChI=1S/C30H32F2N6O2/c1-37-8-10-38(11-9-37)23-4-5-24(28(15-23)33-16-20-17-40-18-20)30(39)34-29-25-13-19(2-7-27(25)35-36-29)12-21-14-22(31)3-6-26(21)32/h2-7,13-15,20,33H,8-12,16-18H2,1H3,(H2,34,35,36,39). The fraction of sp³-hybridized carbons (Fsp3) is 0.333. The summed E-state index contributed by atoms with van der Waals surface area (Å²) in [6.07, 6.45) is 0.213. The van der Waals surface area contributed by atoms with Gasteiger partial charge in [0.2, 0.25) is 0 Å². The number of nitrogens with zero attached hydrogens (tertiary/aromatic N) is 3. The van der Waals surface area contributed by atoms with Crippen LogP contribution in [0.2, 0.25) is 0 Å². The van der Waals surface area contributed by atoms with E-state index < -0.39 is 11.6 Å². The second-order valence-corrected chi connectivity index (χ2v) is 10.6. The summed E-state index contributed by atoms with van der Waals surface area (Å²) in [5.41, 5.74) is 4.14. The van der Waals surface area contributed by atoms with Crippen LogP contribution in [-0.4, -0.2) is 74.0 Å². The molecule has 0 aliphatic carbocycles. The Hall–Kier alpha value is -4.02. The highest BCUT2D eigenvalue weighted by atomic mass is 19.1. The van der Waals surface area contributed by atoms with Crippen LogP contribution < -0.4 is 15.5 Å². The molecule has 4 aromatic rings. The summed E-state index contributed by atoms with van der Waals surface area (Å²) in [5.74, 6) is -0.437. The highest BCUT2D eigenvalue weighted by Crippen LogP contribution is 2.29. The van der Waals surface area contributed by atoms with Crippen molar-refractivity contribution in [2.24, 2.45) is 5.92 Å². The molecule has 0 spiro atoms. The van der Waals surface area contributed by atoms with Gasteiger partial charge in [-0.25, -0.2) is 8.78 Å². The van der Waals surface area contributed by atoms with Gasteiger partial charge in [0.1, 0.15) is 11.6 Å². The number of aromatic amines is 1. The van der Waals surface area contributed by atoms with Gasteiger partial charge >= 0.3 is 0 Å². The van der Waals surface area contributed by atoms with Crippen molar-refractivity contribution in [1.29, 1.82) is 0 Å². The number of halogens is 2. The van der Waals surface area contributed by atoms with E-state index in [2.05, 4.69) is 37.7 Å².